The van der Waals surface area contributed by atoms with Gasteiger partial charge in [0.1, 0.15) is 16.5 Å². The molecule has 2 heterocycles. The normalized spacial score (nSPS) is 13.3. The minimum absolute atomic E-state index is 0.100. The van der Waals surface area contributed by atoms with E-state index >= 15 is 0 Å². The Labute approximate surface area is 205 Å². The number of carbonyl (C=O) groups is 1. The fraction of sp³-hybridized carbons (Fsp3) is 0.185. The third kappa shape index (κ3) is 4.72. The van der Waals surface area contributed by atoms with Gasteiger partial charge in [-0.1, -0.05) is 40.2 Å². The first kappa shape index (κ1) is 21.9. The Morgan fingerprint density at radius 2 is 1.91 bits per heavy atom. The van der Waals surface area contributed by atoms with E-state index in [0.717, 1.165) is 57.7 Å². The maximum absolute atomic E-state index is 13.2. The maximum Gasteiger partial charge on any atom is 0.259 e. The fourth-order valence-electron chi connectivity index (χ4n) is 4.10. The summed E-state index contributed by atoms with van der Waals surface area (Å²) in [6.45, 7) is 2.06. The van der Waals surface area contributed by atoms with Crippen molar-refractivity contribution >= 4 is 50.1 Å². The van der Waals surface area contributed by atoms with E-state index in [1.54, 1.807) is 17.6 Å². The highest BCUT2D eigenvalue weighted by Crippen LogP contribution is 2.40. The number of nitrogens with zero attached hydrogens (tertiary/aromatic N) is 1. The van der Waals surface area contributed by atoms with E-state index in [9.17, 15) is 4.79 Å². The number of rotatable bonds is 5. The van der Waals surface area contributed by atoms with Crippen LogP contribution in [0.25, 0.3) is 11.3 Å². The first-order valence-electron chi connectivity index (χ1n) is 11.0. The lowest BCUT2D eigenvalue weighted by Gasteiger charge is -2.12. The molecule has 6 heteroatoms. The second-order valence-electron chi connectivity index (χ2n) is 8.15. The van der Waals surface area contributed by atoms with Crippen LogP contribution in [-0.2, 0) is 12.8 Å². The number of amides is 1. The molecule has 0 radical (unpaired) electrons. The molecule has 1 aliphatic rings. The van der Waals surface area contributed by atoms with Crippen LogP contribution in [0.3, 0.4) is 0 Å². The minimum Gasteiger partial charge on any atom is -0.455 e. The Kier molecular flexibility index (Phi) is 6.29. The van der Waals surface area contributed by atoms with Gasteiger partial charge in [0.2, 0.25) is 0 Å². The average Bonchev–Trinajstić information content (AvgIpc) is 3.43. The first-order valence-corrected chi connectivity index (χ1v) is 12.6. The van der Waals surface area contributed by atoms with Gasteiger partial charge >= 0.3 is 0 Å². The van der Waals surface area contributed by atoms with Crippen LogP contribution in [-0.4, -0.2) is 12.1 Å². The van der Waals surface area contributed by atoms with Crippen molar-refractivity contribution in [1.82, 2.24) is 0 Å². The highest BCUT2D eigenvalue weighted by molar-refractivity contribution is 9.10. The number of nitrogens with one attached hydrogen (secondary N) is 1. The maximum atomic E-state index is 13.2. The summed E-state index contributed by atoms with van der Waals surface area (Å²) in [7, 11) is 0. The third-order valence-electron chi connectivity index (χ3n) is 5.74. The minimum atomic E-state index is -0.100. The second-order valence-corrected chi connectivity index (χ2v) is 10.1. The number of aliphatic imine (C=N–C) groups is 1. The molecular weight excluding hydrogens is 496 g/mol. The van der Waals surface area contributed by atoms with Crippen LogP contribution in [0.4, 0.5) is 10.7 Å². The van der Waals surface area contributed by atoms with Crippen molar-refractivity contribution in [3.63, 3.8) is 0 Å². The van der Waals surface area contributed by atoms with E-state index < -0.39 is 0 Å². The number of para-hydroxylation sites is 1. The lowest BCUT2D eigenvalue weighted by molar-refractivity contribution is 0.102. The van der Waals surface area contributed by atoms with Gasteiger partial charge < -0.3 is 9.73 Å². The molecule has 33 heavy (non-hydrogen) atoms. The molecule has 0 spiro atoms. The quantitative estimate of drug-likeness (QED) is 0.272. The molecule has 0 saturated carbocycles. The van der Waals surface area contributed by atoms with Crippen molar-refractivity contribution in [3.8, 4) is 11.3 Å². The van der Waals surface area contributed by atoms with Gasteiger partial charge in [-0.15, -0.1) is 11.3 Å². The molecule has 1 N–H and O–H groups in total. The molecule has 2 aromatic heterocycles. The topological polar surface area (TPSA) is 54.6 Å². The molecule has 0 bridgehead atoms. The summed E-state index contributed by atoms with van der Waals surface area (Å²) < 4.78 is 7.03. The van der Waals surface area contributed by atoms with Crippen LogP contribution < -0.4 is 5.32 Å². The predicted molar refractivity (Wildman–Crippen MR) is 139 cm³/mol. The van der Waals surface area contributed by atoms with Crippen LogP contribution in [0, 0.1) is 6.92 Å². The van der Waals surface area contributed by atoms with Gasteiger partial charge in [-0.3, -0.25) is 4.79 Å². The average molecular weight is 519 g/mol. The second kappa shape index (κ2) is 9.49. The van der Waals surface area contributed by atoms with E-state index in [1.165, 1.54) is 10.4 Å². The van der Waals surface area contributed by atoms with Crippen molar-refractivity contribution in [2.45, 2.75) is 32.6 Å². The number of benzene rings is 2. The number of anilines is 1. The number of thiophene rings is 1. The molecular formula is C27H23BrN2O2S. The molecule has 5 rings (SSSR count). The monoisotopic (exact) mass is 518 g/mol. The number of hydrogen-bond acceptors (Lipinski definition) is 4. The van der Waals surface area contributed by atoms with Crippen LogP contribution in [0.5, 0.6) is 0 Å². The molecule has 1 aliphatic carbocycles. The molecule has 2 aromatic carbocycles. The molecule has 166 valence electrons. The molecule has 0 unspecified atom stereocenters. The highest BCUT2D eigenvalue weighted by Gasteiger charge is 2.25. The summed E-state index contributed by atoms with van der Waals surface area (Å²) in [6.07, 6.45) is 5.90. The zero-order valence-electron chi connectivity index (χ0n) is 18.2. The van der Waals surface area contributed by atoms with Crippen molar-refractivity contribution in [1.29, 1.82) is 0 Å². The van der Waals surface area contributed by atoms with Crippen LogP contribution >= 0.6 is 27.3 Å². The van der Waals surface area contributed by atoms with Crippen LogP contribution in [0.1, 0.15) is 45.0 Å². The third-order valence-corrected chi connectivity index (χ3v) is 7.59. The number of hydrogen-bond donors (Lipinski definition) is 1. The molecule has 0 fully saturated rings. The number of aryl methyl sites for hydroxylation is 2. The number of fused-ring (bicyclic) bond motifs is 1. The van der Waals surface area contributed by atoms with Crippen molar-refractivity contribution in [2.24, 2.45) is 4.99 Å². The van der Waals surface area contributed by atoms with E-state index in [1.807, 2.05) is 48.5 Å². The van der Waals surface area contributed by atoms with Crippen LogP contribution in [0.2, 0.25) is 0 Å². The Balaban J connectivity index is 1.44. The Morgan fingerprint density at radius 3 is 2.73 bits per heavy atom. The summed E-state index contributed by atoms with van der Waals surface area (Å²) in [5.74, 6) is 1.32. The fourth-order valence-corrected chi connectivity index (χ4v) is 6.02. The van der Waals surface area contributed by atoms with E-state index in [-0.39, 0.29) is 5.91 Å². The molecule has 4 aromatic rings. The van der Waals surface area contributed by atoms with Crippen molar-refractivity contribution in [2.75, 3.05) is 5.32 Å². The summed E-state index contributed by atoms with van der Waals surface area (Å²) >= 11 is 5.24. The standard InChI is InChI=1S/C27H23BrN2O2S/c1-17-11-13-20(22(28)15-17)23-14-12-19(32-23)16-29-27-25(21-9-5-6-10-24(21)33-27)26(31)30-18-7-3-2-4-8-18/h2-4,7-8,11-16H,5-6,9-10H2,1H3,(H,30,31). The summed E-state index contributed by atoms with van der Waals surface area (Å²) in [5.41, 5.74) is 4.81. The van der Waals surface area contributed by atoms with E-state index in [2.05, 4.69) is 40.3 Å². The summed E-state index contributed by atoms with van der Waals surface area (Å²) in [6, 6.07) is 19.6. The van der Waals surface area contributed by atoms with Gasteiger partial charge in [-0.2, -0.15) is 0 Å². The molecule has 0 saturated heterocycles. The SMILES string of the molecule is Cc1ccc(-c2ccc(C=Nc3sc4c(c3C(=O)Nc3ccccc3)CCCC4)o2)c(Br)c1. The van der Waals surface area contributed by atoms with Crippen molar-refractivity contribution in [3.05, 3.63) is 92.5 Å². The first-order chi connectivity index (χ1) is 16.1. The van der Waals surface area contributed by atoms with Gasteiger partial charge in [0, 0.05) is 20.6 Å². The number of carbonyl (C=O) groups excluding carboxylic acids is 1. The Bertz CT molecular complexity index is 1340. The largest absolute Gasteiger partial charge is 0.455 e. The van der Waals surface area contributed by atoms with Gasteiger partial charge in [0.15, 0.2) is 0 Å². The number of furan rings is 1. The van der Waals surface area contributed by atoms with Gasteiger partial charge in [0.05, 0.1) is 11.8 Å². The highest BCUT2D eigenvalue weighted by atomic mass is 79.9. The number of halogens is 1. The van der Waals surface area contributed by atoms with Gasteiger partial charge in [0.25, 0.3) is 5.91 Å². The summed E-state index contributed by atoms with van der Waals surface area (Å²) in [5, 5.41) is 3.78. The summed E-state index contributed by atoms with van der Waals surface area (Å²) in [4.78, 5) is 19.2. The van der Waals surface area contributed by atoms with Gasteiger partial charge in [-0.05, 0) is 80.1 Å². The zero-order valence-corrected chi connectivity index (χ0v) is 20.6. The lowest BCUT2D eigenvalue weighted by Crippen LogP contribution is -2.14. The molecule has 0 atom stereocenters. The smallest absolute Gasteiger partial charge is 0.259 e. The van der Waals surface area contributed by atoms with Crippen molar-refractivity contribution < 1.29 is 9.21 Å². The van der Waals surface area contributed by atoms with E-state index in [0.29, 0.717) is 11.3 Å². The lowest BCUT2D eigenvalue weighted by atomic mass is 9.95. The predicted octanol–water partition coefficient (Wildman–Crippen LogP) is 7.96. The van der Waals surface area contributed by atoms with E-state index in [4.69, 9.17) is 9.41 Å². The Hall–Kier alpha value is -2.96. The van der Waals surface area contributed by atoms with Crippen LogP contribution in [0.15, 0.2) is 74.5 Å². The Morgan fingerprint density at radius 1 is 1.09 bits per heavy atom. The molecule has 1 amide bonds. The zero-order chi connectivity index (χ0) is 22.8. The molecule has 4 nitrogen and oxygen atoms in total. The molecule has 0 aliphatic heterocycles. The van der Waals surface area contributed by atoms with Gasteiger partial charge in [-0.25, -0.2) is 4.99 Å².